The topological polar surface area (TPSA) is 9.23 Å². The number of ether oxygens (including phenoxy) is 1. The van der Waals surface area contributed by atoms with Gasteiger partial charge >= 0.3 is 0 Å². The second kappa shape index (κ2) is 6.62. The fourth-order valence-electron chi connectivity index (χ4n) is 3.20. The first-order chi connectivity index (χ1) is 10.3. The van der Waals surface area contributed by atoms with Crippen LogP contribution in [-0.2, 0) is 6.61 Å². The predicted molar refractivity (Wildman–Crippen MR) is 91.9 cm³/mol. The van der Waals surface area contributed by atoms with Gasteiger partial charge in [-0.1, -0.05) is 70.3 Å². The summed E-state index contributed by atoms with van der Waals surface area (Å²) >= 11 is 0. The number of rotatable bonds is 4. The molecule has 21 heavy (non-hydrogen) atoms. The van der Waals surface area contributed by atoms with Gasteiger partial charge in [-0.15, -0.1) is 0 Å². The van der Waals surface area contributed by atoms with Crippen LogP contribution in [0.25, 0.3) is 0 Å². The molecule has 0 amide bonds. The van der Waals surface area contributed by atoms with Crippen molar-refractivity contribution >= 4 is 13.2 Å². The first-order valence-electron chi connectivity index (χ1n) is 7.80. The average Bonchev–Trinajstić information content (AvgIpc) is 2.85. The molecule has 1 aliphatic heterocycles. The summed E-state index contributed by atoms with van der Waals surface area (Å²) in [6.07, 6.45) is 2.72. The zero-order valence-electron chi connectivity index (χ0n) is 12.8. The molecule has 2 heteroatoms. The van der Waals surface area contributed by atoms with Gasteiger partial charge in [0.1, 0.15) is 12.4 Å². The average molecular weight is 298 g/mol. The van der Waals surface area contributed by atoms with Crippen LogP contribution in [0.15, 0.2) is 54.6 Å². The van der Waals surface area contributed by atoms with Crippen molar-refractivity contribution in [3.05, 3.63) is 60.2 Å². The van der Waals surface area contributed by atoms with Crippen molar-refractivity contribution in [2.75, 3.05) is 0 Å². The molecule has 3 rings (SSSR count). The normalized spacial score (nSPS) is 22.4. The summed E-state index contributed by atoms with van der Waals surface area (Å²) in [6, 6.07) is 19.1. The minimum atomic E-state index is -0.0889. The monoisotopic (exact) mass is 298 g/mol. The Balaban J connectivity index is 1.80. The van der Waals surface area contributed by atoms with Gasteiger partial charge in [0.05, 0.1) is 0 Å². The lowest BCUT2D eigenvalue weighted by atomic mass is 10.2. The molecule has 2 atom stereocenters. The van der Waals surface area contributed by atoms with Crippen molar-refractivity contribution in [3.63, 3.8) is 0 Å². The molecule has 0 N–H and O–H groups in total. The molecule has 110 valence electrons. The third kappa shape index (κ3) is 3.30. The van der Waals surface area contributed by atoms with Gasteiger partial charge in [0.25, 0.3) is 0 Å². The van der Waals surface area contributed by atoms with Gasteiger partial charge in [0.15, 0.2) is 0 Å². The highest BCUT2D eigenvalue weighted by Crippen LogP contribution is 2.55. The van der Waals surface area contributed by atoms with Crippen molar-refractivity contribution in [3.8, 4) is 5.75 Å². The molecule has 1 fully saturated rings. The minimum Gasteiger partial charge on any atom is -0.488 e. The zero-order valence-corrected chi connectivity index (χ0v) is 13.7. The van der Waals surface area contributed by atoms with E-state index in [9.17, 15) is 0 Å². The summed E-state index contributed by atoms with van der Waals surface area (Å²) < 4.78 is 6.15. The van der Waals surface area contributed by atoms with Crippen molar-refractivity contribution in [2.45, 2.75) is 44.6 Å². The second-order valence-electron chi connectivity index (χ2n) is 5.92. The van der Waals surface area contributed by atoms with Crippen molar-refractivity contribution in [1.29, 1.82) is 0 Å². The SMILES string of the molecule is C[C@@H]1CC[C@@H](C)P1c1ccccc1OCc1ccccc1. The molecule has 0 radical (unpaired) electrons. The summed E-state index contributed by atoms with van der Waals surface area (Å²) in [5.41, 5.74) is 2.86. The molecule has 1 saturated heterocycles. The first kappa shape index (κ1) is 14.6. The highest BCUT2D eigenvalue weighted by Gasteiger charge is 2.32. The van der Waals surface area contributed by atoms with Crippen LogP contribution in [0.4, 0.5) is 0 Å². The summed E-state index contributed by atoms with van der Waals surface area (Å²) in [5.74, 6) is 1.09. The van der Waals surface area contributed by atoms with Gasteiger partial charge < -0.3 is 4.74 Å². The van der Waals surface area contributed by atoms with Gasteiger partial charge in [0, 0.05) is 5.30 Å². The van der Waals surface area contributed by atoms with E-state index in [-0.39, 0.29) is 7.92 Å². The largest absolute Gasteiger partial charge is 0.488 e. The molecular weight excluding hydrogens is 275 g/mol. The maximum Gasteiger partial charge on any atom is 0.127 e. The van der Waals surface area contributed by atoms with Gasteiger partial charge in [-0.3, -0.25) is 0 Å². The molecular formula is C19H23OP. The van der Waals surface area contributed by atoms with Crippen molar-refractivity contribution in [2.24, 2.45) is 0 Å². The lowest BCUT2D eigenvalue weighted by Gasteiger charge is -2.24. The summed E-state index contributed by atoms with van der Waals surface area (Å²) in [6.45, 7) is 5.47. The molecule has 0 aliphatic carbocycles. The molecule has 0 unspecified atom stereocenters. The number of hydrogen-bond donors (Lipinski definition) is 0. The van der Waals surface area contributed by atoms with Crippen LogP contribution in [0.5, 0.6) is 5.75 Å². The molecule has 1 aliphatic rings. The molecule has 0 aromatic heterocycles. The highest BCUT2D eigenvalue weighted by atomic mass is 31.1. The van der Waals surface area contributed by atoms with Crippen LogP contribution < -0.4 is 10.0 Å². The Morgan fingerprint density at radius 1 is 0.905 bits per heavy atom. The van der Waals surface area contributed by atoms with E-state index in [1.165, 1.54) is 23.7 Å². The Hall–Kier alpha value is -1.33. The van der Waals surface area contributed by atoms with Crippen molar-refractivity contribution < 1.29 is 4.74 Å². The Labute approximate surface area is 129 Å². The van der Waals surface area contributed by atoms with Crippen LogP contribution in [0, 0.1) is 0 Å². The molecule has 1 nitrogen and oxygen atoms in total. The fraction of sp³-hybridized carbons (Fsp3) is 0.368. The van der Waals surface area contributed by atoms with E-state index in [4.69, 9.17) is 4.74 Å². The smallest absolute Gasteiger partial charge is 0.127 e. The lowest BCUT2D eigenvalue weighted by molar-refractivity contribution is 0.309. The minimum absolute atomic E-state index is 0.0889. The standard InChI is InChI=1S/C19H23OP/c1-15-12-13-16(2)21(15)19-11-7-6-10-18(19)20-14-17-8-4-3-5-9-17/h3-11,15-16H,12-14H2,1-2H3/t15-,16-/m1/s1. The maximum absolute atomic E-state index is 6.15. The third-order valence-electron chi connectivity index (χ3n) is 4.33. The van der Waals surface area contributed by atoms with E-state index in [0.29, 0.717) is 6.61 Å². The van der Waals surface area contributed by atoms with Gasteiger partial charge in [-0.2, -0.15) is 0 Å². The van der Waals surface area contributed by atoms with Crippen LogP contribution in [0.3, 0.4) is 0 Å². The Kier molecular flexibility index (Phi) is 4.60. The molecule has 0 spiro atoms. The predicted octanol–water partition coefficient (Wildman–Crippen LogP) is 4.94. The Morgan fingerprint density at radius 3 is 2.24 bits per heavy atom. The van der Waals surface area contributed by atoms with E-state index < -0.39 is 0 Å². The molecule has 2 aromatic rings. The summed E-state index contributed by atoms with van der Waals surface area (Å²) in [5, 5.41) is 1.46. The van der Waals surface area contributed by atoms with E-state index in [1.807, 2.05) is 6.07 Å². The van der Waals surface area contributed by atoms with E-state index in [1.54, 1.807) is 0 Å². The maximum atomic E-state index is 6.15. The quantitative estimate of drug-likeness (QED) is 0.726. The lowest BCUT2D eigenvalue weighted by Crippen LogP contribution is -2.14. The molecule has 0 bridgehead atoms. The van der Waals surface area contributed by atoms with Crippen LogP contribution in [0.1, 0.15) is 32.3 Å². The van der Waals surface area contributed by atoms with Gasteiger partial charge in [-0.25, -0.2) is 0 Å². The Bertz CT molecular complexity index is 571. The van der Waals surface area contributed by atoms with E-state index in [2.05, 4.69) is 62.4 Å². The Morgan fingerprint density at radius 2 is 1.52 bits per heavy atom. The number of benzene rings is 2. The molecule has 2 aromatic carbocycles. The molecule has 1 heterocycles. The zero-order chi connectivity index (χ0) is 14.7. The van der Waals surface area contributed by atoms with Crippen LogP contribution in [-0.4, -0.2) is 11.3 Å². The number of hydrogen-bond acceptors (Lipinski definition) is 1. The molecule has 0 saturated carbocycles. The fourth-order valence-corrected chi connectivity index (χ4v) is 6.52. The van der Waals surface area contributed by atoms with E-state index >= 15 is 0 Å². The third-order valence-corrected chi connectivity index (χ3v) is 7.67. The van der Waals surface area contributed by atoms with Gasteiger partial charge in [0.2, 0.25) is 0 Å². The number of para-hydroxylation sites is 1. The summed E-state index contributed by atoms with van der Waals surface area (Å²) in [4.78, 5) is 0. The van der Waals surface area contributed by atoms with Crippen molar-refractivity contribution in [1.82, 2.24) is 0 Å². The second-order valence-corrected chi connectivity index (χ2v) is 8.98. The van der Waals surface area contributed by atoms with Crippen LogP contribution >= 0.6 is 7.92 Å². The highest BCUT2D eigenvalue weighted by molar-refractivity contribution is 7.67. The summed E-state index contributed by atoms with van der Waals surface area (Å²) in [7, 11) is -0.0889. The van der Waals surface area contributed by atoms with Crippen LogP contribution in [0.2, 0.25) is 0 Å². The van der Waals surface area contributed by atoms with Gasteiger partial charge in [-0.05, 0) is 35.8 Å². The first-order valence-corrected chi connectivity index (χ1v) is 9.28. The van der Waals surface area contributed by atoms with E-state index in [0.717, 1.165) is 17.1 Å².